The van der Waals surface area contributed by atoms with Crippen molar-refractivity contribution >= 4 is 5.69 Å². The van der Waals surface area contributed by atoms with Gasteiger partial charge >= 0.3 is 0 Å². The van der Waals surface area contributed by atoms with E-state index in [0.29, 0.717) is 11.5 Å². The molecule has 0 aliphatic heterocycles. The minimum Gasteiger partial charge on any atom is -0.496 e. The summed E-state index contributed by atoms with van der Waals surface area (Å²) in [7, 11) is 1.63. The van der Waals surface area contributed by atoms with Gasteiger partial charge < -0.3 is 9.47 Å². The van der Waals surface area contributed by atoms with Crippen molar-refractivity contribution in [2.24, 2.45) is 0 Å². The fourth-order valence-corrected chi connectivity index (χ4v) is 1.87. The Morgan fingerprint density at radius 2 is 1.75 bits per heavy atom. The topological polar surface area (TPSA) is 61.6 Å². The van der Waals surface area contributed by atoms with E-state index < -0.39 is 4.92 Å². The lowest BCUT2D eigenvalue weighted by Gasteiger charge is -2.10. The minimum atomic E-state index is -0.438. The maximum absolute atomic E-state index is 10.6. The Morgan fingerprint density at radius 1 is 1.10 bits per heavy atom. The molecule has 0 saturated carbocycles. The highest BCUT2D eigenvalue weighted by Crippen LogP contribution is 2.28. The van der Waals surface area contributed by atoms with Gasteiger partial charge in [0.05, 0.1) is 12.0 Å². The van der Waals surface area contributed by atoms with E-state index in [4.69, 9.17) is 9.47 Å². The lowest BCUT2D eigenvalue weighted by atomic mass is 10.1. The number of nitrogens with zero attached hydrogens (tertiary/aromatic N) is 1. The molecule has 0 N–H and O–H groups in total. The van der Waals surface area contributed by atoms with E-state index in [0.717, 1.165) is 17.7 Å². The van der Waals surface area contributed by atoms with Crippen LogP contribution >= 0.6 is 0 Å². The number of non-ortho nitro benzene ring substituents is 1. The molecule has 0 radical (unpaired) electrons. The van der Waals surface area contributed by atoms with Gasteiger partial charge in [0.1, 0.15) is 17.2 Å². The van der Waals surface area contributed by atoms with Crippen molar-refractivity contribution in [3.8, 4) is 17.2 Å². The molecule has 0 aliphatic carbocycles. The largest absolute Gasteiger partial charge is 0.496 e. The lowest BCUT2D eigenvalue weighted by molar-refractivity contribution is -0.384. The summed E-state index contributed by atoms with van der Waals surface area (Å²) in [5.41, 5.74) is 1.09. The fraction of sp³-hybridized carbons (Fsp3) is 0.200. The SMILES string of the molecule is CCc1cc(Oc2ccc([N+](=O)[O-])cc2)ccc1OC. The highest BCUT2D eigenvalue weighted by atomic mass is 16.6. The van der Waals surface area contributed by atoms with Crippen molar-refractivity contribution in [1.82, 2.24) is 0 Å². The lowest BCUT2D eigenvalue weighted by Crippen LogP contribution is -1.92. The molecule has 0 aliphatic rings. The van der Waals surface area contributed by atoms with Crippen LogP contribution in [0, 0.1) is 10.1 Å². The van der Waals surface area contributed by atoms with E-state index in [-0.39, 0.29) is 5.69 Å². The highest BCUT2D eigenvalue weighted by Gasteiger charge is 2.07. The summed E-state index contributed by atoms with van der Waals surface area (Å²) in [5.74, 6) is 2.06. The summed E-state index contributed by atoms with van der Waals surface area (Å²) < 4.78 is 10.9. The first-order valence-electron chi connectivity index (χ1n) is 6.23. The van der Waals surface area contributed by atoms with Gasteiger partial charge in [0.15, 0.2) is 0 Å². The molecule has 20 heavy (non-hydrogen) atoms. The van der Waals surface area contributed by atoms with Crippen molar-refractivity contribution in [3.05, 3.63) is 58.1 Å². The Bertz CT molecular complexity index is 608. The number of rotatable bonds is 5. The molecule has 0 heterocycles. The molecule has 104 valence electrons. The summed E-state index contributed by atoms with van der Waals surface area (Å²) >= 11 is 0. The van der Waals surface area contributed by atoms with E-state index in [1.165, 1.54) is 12.1 Å². The second-order valence-electron chi connectivity index (χ2n) is 4.18. The molecule has 5 heteroatoms. The van der Waals surface area contributed by atoms with E-state index >= 15 is 0 Å². The number of ether oxygens (including phenoxy) is 2. The van der Waals surface area contributed by atoms with Crippen molar-refractivity contribution in [2.75, 3.05) is 7.11 Å². The molecule has 0 saturated heterocycles. The van der Waals surface area contributed by atoms with Gasteiger partial charge in [0.2, 0.25) is 0 Å². The van der Waals surface area contributed by atoms with Crippen LogP contribution in [0.1, 0.15) is 12.5 Å². The fourth-order valence-electron chi connectivity index (χ4n) is 1.87. The molecule has 0 atom stereocenters. The number of nitro benzene ring substituents is 1. The van der Waals surface area contributed by atoms with Crippen LogP contribution in [0.4, 0.5) is 5.69 Å². The van der Waals surface area contributed by atoms with Gasteiger partial charge in [0.25, 0.3) is 5.69 Å². The molecule has 0 aromatic heterocycles. The number of methoxy groups -OCH3 is 1. The van der Waals surface area contributed by atoms with Crippen LogP contribution in [0.25, 0.3) is 0 Å². The van der Waals surface area contributed by atoms with Gasteiger partial charge in [-0.1, -0.05) is 6.92 Å². The van der Waals surface area contributed by atoms with Gasteiger partial charge in [-0.25, -0.2) is 0 Å². The summed E-state index contributed by atoms with van der Waals surface area (Å²) in [6, 6.07) is 11.5. The van der Waals surface area contributed by atoms with Crippen LogP contribution in [0.5, 0.6) is 17.2 Å². The summed E-state index contributed by atoms with van der Waals surface area (Å²) in [4.78, 5) is 10.1. The predicted molar refractivity (Wildman–Crippen MR) is 75.5 cm³/mol. The predicted octanol–water partition coefficient (Wildman–Crippen LogP) is 3.96. The molecular formula is C15H15NO4. The summed E-state index contributed by atoms with van der Waals surface area (Å²) in [6.07, 6.45) is 0.834. The molecule has 0 spiro atoms. The molecule has 2 aromatic rings. The van der Waals surface area contributed by atoms with Crippen molar-refractivity contribution in [1.29, 1.82) is 0 Å². The maximum Gasteiger partial charge on any atom is 0.269 e. The average molecular weight is 273 g/mol. The summed E-state index contributed by atoms with van der Waals surface area (Å²) in [6.45, 7) is 2.04. The van der Waals surface area contributed by atoms with Crippen LogP contribution in [0.15, 0.2) is 42.5 Å². The minimum absolute atomic E-state index is 0.0429. The second kappa shape index (κ2) is 6.06. The van der Waals surface area contributed by atoms with E-state index in [1.807, 2.05) is 19.1 Å². The molecular weight excluding hydrogens is 258 g/mol. The van der Waals surface area contributed by atoms with Crippen molar-refractivity contribution in [3.63, 3.8) is 0 Å². The van der Waals surface area contributed by atoms with Gasteiger partial charge in [-0.05, 0) is 42.3 Å². The van der Waals surface area contributed by atoms with Crippen molar-refractivity contribution in [2.45, 2.75) is 13.3 Å². The zero-order chi connectivity index (χ0) is 14.5. The second-order valence-corrected chi connectivity index (χ2v) is 4.18. The summed E-state index contributed by atoms with van der Waals surface area (Å²) in [5, 5.41) is 10.6. The monoisotopic (exact) mass is 273 g/mol. The Kier molecular flexibility index (Phi) is 4.20. The van der Waals surface area contributed by atoms with Gasteiger partial charge in [-0.2, -0.15) is 0 Å². The molecule has 0 bridgehead atoms. The molecule has 0 fully saturated rings. The third kappa shape index (κ3) is 3.06. The third-order valence-corrected chi connectivity index (χ3v) is 2.92. The normalized spacial score (nSPS) is 10.1. The van der Waals surface area contributed by atoms with E-state index in [1.54, 1.807) is 25.3 Å². The molecule has 0 unspecified atom stereocenters. The average Bonchev–Trinajstić information content (AvgIpc) is 2.47. The number of hydrogen-bond donors (Lipinski definition) is 0. The first-order valence-corrected chi connectivity index (χ1v) is 6.23. The Labute approximate surface area is 116 Å². The first-order chi connectivity index (χ1) is 9.63. The van der Waals surface area contributed by atoms with Crippen LogP contribution < -0.4 is 9.47 Å². The van der Waals surface area contributed by atoms with Crippen LogP contribution in [0.3, 0.4) is 0 Å². The molecule has 2 aromatic carbocycles. The molecule has 2 rings (SSSR count). The highest BCUT2D eigenvalue weighted by molar-refractivity contribution is 5.43. The first kappa shape index (κ1) is 13.9. The number of benzene rings is 2. The van der Waals surface area contributed by atoms with Crippen LogP contribution in [0.2, 0.25) is 0 Å². The Morgan fingerprint density at radius 3 is 2.30 bits per heavy atom. The quantitative estimate of drug-likeness (QED) is 0.611. The smallest absolute Gasteiger partial charge is 0.269 e. The number of nitro groups is 1. The van der Waals surface area contributed by atoms with E-state index in [2.05, 4.69) is 0 Å². The number of hydrogen-bond acceptors (Lipinski definition) is 4. The van der Waals surface area contributed by atoms with E-state index in [9.17, 15) is 10.1 Å². The maximum atomic E-state index is 10.6. The Hall–Kier alpha value is -2.56. The zero-order valence-corrected chi connectivity index (χ0v) is 11.3. The van der Waals surface area contributed by atoms with Gasteiger partial charge in [0, 0.05) is 12.1 Å². The van der Waals surface area contributed by atoms with Crippen LogP contribution in [-0.2, 0) is 6.42 Å². The zero-order valence-electron chi connectivity index (χ0n) is 11.3. The third-order valence-electron chi connectivity index (χ3n) is 2.92. The van der Waals surface area contributed by atoms with Gasteiger partial charge in [-0.3, -0.25) is 10.1 Å². The number of aryl methyl sites for hydroxylation is 1. The Balaban J connectivity index is 2.19. The molecule has 5 nitrogen and oxygen atoms in total. The standard InChI is InChI=1S/C15H15NO4/c1-3-11-10-14(8-9-15(11)19-2)20-13-6-4-12(5-7-13)16(17)18/h4-10H,3H2,1-2H3. The van der Waals surface area contributed by atoms with Crippen LogP contribution in [-0.4, -0.2) is 12.0 Å². The van der Waals surface area contributed by atoms with Gasteiger partial charge in [-0.15, -0.1) is 0 Å². The van der Waals surface area contributed by atoms with Crippen molar-refractivity contribution < 1.29 is 14.4 Å². The molecule has 0 amide bonds.